The average Bonchev–Trinajstić information content (AvgIpc) is 2.86. The maximum absolute atomic E-state index is 3.55. The second kappa shape index (κ2) is 6.35. The highest BCUT2D eigenvalue weighted by Crippen LogP contribution is 2.27. The van der Waals surface area contributed by atoms with Crippen molar-refractivity contribution in [1.29, 1.82) is 0 Å². The molecule has 2 heteroatoms. The molecule has 0 aromatic rings. The second-order valence-electron chi connectivity index (χ2n) is 5.28. The zero-order chi connectivity index (χ0) is 12.8. The maximum atomic E-state index is 3.55. The van der Waals surface area contributed by atoms with E-state index in [1.807, 2.05) is 0 Å². The van der Waals surface area contributed by atoms with E-state index in [2.05, 4.69) is 48.8 Å². The Morgan fingerprint density at radius 3 is 2.33 bits per heavy atom. The first kappa shape index (κ1) is 13.6. The Morgan fingerprint density at radius 2 is 1.83 bits per heavy atom. The summed E-state index contributed by atoms with van der Waals surface area (Å²) in [5, 5.41) is 7.10. The maximum Gasteiger partial charge on any atom is 0.0917 e. The van der Waals surface area contributed by atoms with Crippen molar-refractivity contribution in [3.8, 4) is 0 Å². The summed E-state index contributed by atoms with van der Waals surface area (Å²) in [6.45, 7) is 6.29. The number of nitrogens with one attached hydrogen (secondary N) is 2. The summed E-state index contributed by atoms with van der Waals surface area (Å²) in [7, 11) is 0. The highest BCUT2D eigenvalue weighted by atomic mass is 15.2. The normalized spacial score (nSPS) is 22.1. The fourth-order valence-corrected chi connectivity index (χ4v) is 2.93. The second-order valence-corrected chi connectivity index (χ2v) is 5.28. The summed E-state index contributed by atoms with van der Waals surface area (Å²) in [4.78, 5) is 0. The fraction of sp³-hybridized carbons (Fsp3) is 0.625. The van der Waals surface area contributed by atoms with E-state index in [1.165, 1.54) is 31.3 Å². The van der Waals surface area contributed by atoms with Gasteiger partial charge in [0, 0.05) is 6.42 Å². The standard InChI is InChI=1S/C16H26N2/c1-3-17-16(18-4-2)11-9-15(10-12-16)13-14-7-5-6-8-14/h9-11,13,17-18H,3-8,12H2,1-2H3. The third kappa shape index (κ3) is 3.33. The van der Waals surface area contributed by atoms with Gasteiger partial charge in [0.1, 0.15) is 0 Å². The monoisotopic (exact) mass is 246 g/mol. The molecule has 1 fully saturated rings. The van der Waals surface area contributed by atoms with Gasteiger partial charge in [-0.2, -0.15) is 0 Å². The van der Waals surface area contributed by atoms with Gasteiger partial charge in [0.2, 0.25) is 0 Å². The van der Waals surface area contributed by atoms with Crippen molar-refractivity contribution in [2.45, 2.75) is 51.6 Å². The molecule has 2 aliphatic rings. The molecule has 0 aromatic heterocycles. The summed E-state index contributed by atoms with van der Waals surface area (Å²) in [5.74, 6) is 0. The van der Waals surface area contributed by atoms with E-state index in [9.17, 15) is 0 Å². The third-order valence-corrected chi connectivity index (χ3v) is 3.82. The fourth-order valence-electron chi connectivity index (χ4n) is 2.93. The van der Waals surface area contributed by atoms with Gasteiger partial charge in [0.25, 0.3) is 0 Å². The minimum absolute atomic E-state index is 0.0266. The summed E-state index contributed by atoms with van der Waals surface area (Å²) >= 11 is 0. The minimum Gasteiger partial charge on any atom is -0.296 e. The van der Waals surface area contributed by atoms with Crippen molar-refractivity contribution in [3.63, 3.8) is 0 Å². The van der Waals surface area contributed by atoms with Crippen LogP contribution in [0.3, 0.4) is 0 Å². The van der Waals surface area contributed by atoms with E-state index < -0.39 is 0 Å². The number of rotatable bonds is 5. The molecule has 0 atom stereocenters. The van der Waals surface area contributed by atoms with Gasteiger partial charge in [-0.3, -0.25) is 10.6 Å². The summed E-state index contributed by atoms with van der Waals surface area (Å²) in [5.41, 5.74) is 2.99. The largest absolute Gasteiger partial charge is 0.296 e. The zero-order valence-electron chi connectivity index (χ0n) is 11.8. The number of likely N-dealkylation sites (N-methyl/N-ethyl adjacent to an activating group) is 2. The van der Waals surface area contributed by atoms with Crippen LogP contribution >= 0.6 is 0 Å². The molecule has 1 saturated carbocycles. The van der Waals surface area contributed by atoms with E-state index in [-0.39, 0.29) is 5.66 Å². The topological polar surface area (TPSA) is 24.1 Å². The van der Waals surface area contributed by atoms with Crippen LogP contribution in [0.15, 0.2) is 35.5 Å². The molecule has 0 spiro atoms. The Kier molecular flexibility index (Phi) is 4.79. The van der Waals surface area contributed by atoms with E-state index in [0.29, 0.717) is 0 Å². The molecule has 2 aliphatic carbocycles. The van der Waals surface area contributed by atoms with Crippen molar-refractivity contribution in [2.24, 2.45) is 0 Å². The molecule has 2 rings (SSSR count). The van der Waals surface area contributed by atoms with Gasteiger partial charge in [-0.15, -0.1) is 0 Å². The lowest BCUT2D eigenvalue weighted by Gasteiger charge is -2.34. The molecule has 0 unspecified atom stereocenters. The van der Waals surface area contributed by atoms with E-state index in [0.717, 1.165) is 19.5 Å². The third-order valence-electron chi connectivity index (χ3n) is 3.82. The average molecular weight is 246 g/mol. The van der Waals surface area contributed by atoms with Gasteiger partial charge in [0.15, 0.2) is 0 Å². The van der Waals surface area contributed by atoms with Crippen LogP contribution in [0.25, 0.3) is 0 Å². The van der Waals surface area contributed by atoms with Gasteiger partial charge < -0.3 is 0 Å². The van der Waals surface area contributed by atoms with Crippen molar-refractivity contribution < 1.29 is 0 Å². The molecule has 0 saturated heterocycles. The van der Waals surface area contributed by atoms with Gasteiger partial charge in [-0.05, 0) is 50.4 Å². The van der Waals surface area contributed by atoms with Gasteiger partial charge in [-0.25, -0.2) is 0 Å². The van der Waals surface area contributed by atoms with Crippen LogP contribution in [0.1, 0.15) is 46.0 Å². The Bertz CT molecular complexity index is 349. The molecule has 0 aromatic carbocycles. The molecule has 18 heavy (non-hydrogen) atoms. The molecule has 0 radical (unpaired) electrons. The van der Waals surface area contributed by atoms with Crippen molar-refractivity contribution in [3.05, 3.63) is 35.5 Å². The quantitative estimate of drug-likeness (QED) is 0.727. The highest BCUT2D eigenvalue weighted by molar-refractivity contribution is 5.39. The Labute approximate surface area is 111 Å². The van der Waals surface area contributed by atoms with Gasteiger partial charge in [0.05, 0.1) is 5.66 Å². The summed E-state index contributed by atoms with van der Waals surface area (Å²) in [6.07, 6.45) is 15.7. The molecule has 2 nitrogen and oxygen atoms in total. The number of allylic oxidation sites excluding steroid dienone is 4. The lowest BCUT2D eigenvalue weighted by atomic mass is 9.95. The van der Waals surface area contributed by atoms with Crippen LogP contribution < -0.4 is 10.6 Å². The van der Waals surface area contributed by atoms with Crippen molar-refractivity contribution in [1.82, 2.24) is 10.6 Å². The number of hydrogen-bond donors (Lipinski definition) is 2. The van der Waals surface area contributed by atoms with E-state index in [1.54, 1.807) is 5.57 Å². The van der Waals surface area contributed by atoms with Gasteiger partial charge in [-0.1, -0.05) is 37.6 Å². The molecular formula is C16H26N2. The summed E-state index contributed by atoms with van der Waals surface area (Å²) in [6, 6.07) is 0. The van der Waals surface area contributed by atoms with Crippen molar-refractivity contribution >= 4 is 0 Å². The molecule has 2 N–H and O–H groups in total. The predicted octanol–water partition coefficient (Wildman–Crippen LogP) is 3.29. The molecule has 100 valence electrons. The first-order valence-electron chi connectivity index (χ1n) is 7.37. The number of hydrogen-bond acceptors (Lipinski definition) is 2. The smallest absolute Gasteiger partial charge is 0.0917 e. The summed E-state index contributed by atoms with van der Waals surface area (Å²) < 4.78 is 0. The lowest BCUT2D eigenvalue weighted by Crippen LogP contribution is -2.55. The van der Waals surface area contributed by atoms with Crippen molar-refractivity contribution in [2.75, 3.05) is 13.1 Å². The molecule has 0 heterocycles. The molecular weight excluding hydrogens is 220 g/mol. The van der Waals surface area contributed by atoms with E-state index >= 15 is 0 Å². The van der Waals surface area contributed by atoms with Crippen LogP contribution in [0, 0.1) is 0 Å². The molecule has 0 aliphatic heterocycles. The SMILES string of the molecule is CCNC1(NCC)C=CC(C=C2CCCC2)=CC1. The predicted molar refractivity (Wildman–Crippen MR) is 78.5 cm³/mol. The highest BCUT2D eigenvalue weighted by Gasteiger charge is 2.25. The zero-order valence-corrected chi connectivity index (χ0v) is 11.8. The lowest BCUT2D eigenvalue weighted by molar-refractivity contribution is 0.337. The Balaban J connectivity index is 2.02. The van der Waals surface area contributed by atoms with Crippen LogP contribution in [-0.4, -0.2) is 18.8 Å². The van der Waals surface area contributed by atoms with E-state index in [4.69, 9.17) is 0 Å². The Hall–Kier alpha value is -0.860. The van der Waals surface area contributed by atoms with Crippen LogP contribution in [-0.2, 0) is 0 Å². The van der Waals surface area contributed by atoms with Crippen LogP contribution in [0.5, 0.6) is 0 Å². The minimum atomic E-state index is -0.0266. The molecule has 0 amide bonds. The van der Waals surface area contributed by atoms with Gasteiger partial charge >= 0.3 is 0 Å². The Morgan fingerprint density at radius 1 is 1.17 bits per heavy atom. The van der Waals surface area contributed by atoms with Crippen LogP contribution in [0.4, 0.5) is 0 Å². The first-order valence-corrected chi connectivity index (χ1v) is 7.37. The molecule has 0 bridgehead atoms. The van der Waals surface area contributed by atoms with Crippen LogP contribution in [0.2, 0.25) is 0 Å². The first-order chi connectivity index (χ1) is 8.78.